The van der Waals surface area contributed by atoms with Crippen LogP contribution in [-0.4, -0.2) is 33.2 Å². The van der Waals surface area contributed by atoms with Gasteiger partial charge in [-0.1, -0.05) is 23.7 Å². The van der Waals surface area contributed by atoms with Crippen LogP contribution >= 0.6 is 11.6 Å². The predicted molar refractivity (Wildman–Crippen MR) is 93.2 cm³/mol. The quantitative estimate of drug-likeness (QED) is 0.763. The van der Waals surface area contributed by atoms with Gasteiger partial charge in [-0.05, 0) is 48.9 Å². The van der Waals surface area contributed by atoms with Crippen molar-refractivity contribution in [3.05, 3.63) is 59.1 Å². The number of sulfone groups is 1. The van der Waals surface area contributed by atoms with Crippen molar-refractivity contribution in [2.45, 2.75) is 11.8 Å². The van der Waals surface area contributed by atoms with E-state index in [-0.39, 0.29) is 18.0 Å². The minimum Gasteiger partial charge on any atom is -0.492 e. The molecule has 0 fully saturated rings. The summed E-state index contributed by atoms with van der Waals surface area (Å²) in [6, 6.07) is 13.2. The summed E-state index contributed by atoms with van der Waals surface area (Å²) in [5.74, 6) is -0.477. The molecular formula is C17H18ClNO4S. The highest BCUT2D eigenvalue weighted by Gasteiger charge is 2.18. The highest BCUT2D eigenvalue weighted by molar-refractivity contribution is 7.92. The van der Waals surface area contributed by atoms with Crippen LogP contribution in [-0.2, 0) is 14.6 Å². The van der Waals surface area contributed by atoms with E-state index < -0.39 is 21.5 Å². The molecular weight excluding hydrogens is 350 g/mol. The standard InChI is InChI=1S/C17H18ClNO4S/c1-13-3-2-4-15(11-13)23-10-9-19-17(20)12-24(21,22)16-7-5-14(18)6-8-16/h2-8,11H,9-10,12H2,1H3,(H,19,20). The van der Waals surface area contributed by atoms with Gasteiger partial charge in [0.1, 0.15) is 18.1 Å². The summed E-state index contributed by atoms with van der Waals surface area (Å²) in [7, 11) is -3.68. The molecule has 0 saturated carbocycles. The van der Waals surface area contributed by atoms with Crippen molar-refractivity contribution in [2.75, 3.05) is 18.9 Å². The average Bonchev–Trinajstić information content (AvgIpc) is 2.52. The Bertz CT molecular complexity index is 804. The van der Waals surface area contributed by atoms with Crippen LogP contribution in [0.3, 0.4) is 0 Å². The fraction of sp³-hybridized carbons (Fsp3) is 0.235. The van der Waals surface area contributed by atoms with Gasteiger partial charge >= 0.3 is 0 Å². The average molecular weight is 368 g/mol. The lowest BCUT2D eigenvalue weighted by Gasteiger charge is -2.09. The lowest BCUT2D eigenvalue weighted by Crippen LogP contribution is -2.33. The molecule has 0 aliphatic heterocycles. The first-order chi connectivity index (χ1) is 11.4. The van der Waals surface area contributed by atoms with Crippen LogP contribution in [0.2, 0.25) is 5.02 Å². The number of amides is 1. The van der Waals surface area contributed by atoms with E-state index in [1.165, 1.54) is 24.3 Å². The van der Waals surface area contributed by atoms with Gasteiger partial charge in [-0.25, -0.2) is 8.42 Å². The summed E-state index contributed by atoms with van der Waals surface area (Å²) in [6.07, 6.45) is 0. The van der Waals surface area contributed by atoms with Crippen molar-refractivity contribution in [1.82, 2.24) is 5.32 Å². The van der Waals surface area contributed by atoms with Crippen molar-refractivity contribution in [1.29, 1.82) is 0 Å². The number of ether oxygens (including phenoxy) is 1. The molecule has 2 rings (SSSR count). The van der Waals surface area contributed by atoms with Gasteiger partial charge in [-0.2, -0.15) is 0 Å². The fourth-order valence-corrected chi connectivity index (χ4v) is 3.30. The molecule has 0 spiro atoms. The number of carbonyl (C=O) groups excluding carboxylic acids is 1. The lowest BCUT2D eigenvalue weighted by atomic mass is 10.2. The van der Waals surface area contributed by atoms with Gasteiger partial charge in [0.05, 0.1) is 11.4 Å². The Morgan fingerprint density at radius 1 is 1.17 bits per heavy atom. The van der Waals surface area contributed by atoms with E-state index in [1.54, 1.807) is 0 Å². The van der Waals surface area contributed by atoms with E-state index in [0.29, 0.717) is 10.8 Å². The van der Waals surface area contributed by atoms with E-state index in [1.807, 2.05) is 31.2 Å². The second kappa shape index (κ2) is 8.17. The maximum atomic E-state index is 12.1. The minimum atomic E-state index is -3.68. The Hall–Kier alpha value is -2.05. The van der Waals surface area contributed by atoms with Crippen molar-refractivity contribution in [3.8, 4) is 5.75 Å². The Kier molecular flexibility index (Phi) is 6.23. The third-order valence-corrected chi connectivity index (χ3v) is 5.06. The molecule has 0 aromatic heterocycles. The van der Waals surface area contributed by atoms with Crippen LogP contribution in [0.1, 0.15) is 5.56 Å². The normalized spacial score (nSPS) is 11.1. The van der Waals surface area contributed by atoms with Crippen LogP contribution in [0, 0.1) is 6.92 Å². The molecule has 0 saturated heterocycles. The second-order valence-corrected chi connectivity index (χ2v) is 7.65. The minimum absolute atomic E-state index is 0.0676. The molecule has 0 aliphatic carbocycles. The second-order valence-electron chi connectivity index (χ2n) is 5.23. The van der Waals surface area contributed by atoms with Crippen LogP contribution in [0.15, 0.2) is 53.4 Å². The molecule has 1 amide bonds. The first kappa shape index (κ1) is 18.3. The summed E-state index contributed by atoms with van der Waals surface area (Å²) in [5, 5.41) is 2.97. The van der Waals surface area contributed by atoms with Gasteiger partial charge in [0.25, 0.3) is 0 Å². The summed E-state index contributed by atoms with van der Waals surface area (Å²) in [4.78, 5) is 11.9. The van der Waals surface area contributed by atoms with E-state index in [4.69, 9.17) is 16.3 Å². The van der Waals surface area contributed by atoms with Gasteiger partial charge in [-0.3, -0.25) is 4.79 Å². The Morgan fingerprint density at radius 3 is 2.54 bits per heavy atom. The number of benzene rings is 2. The van der Waals surface area contributed by atoms with E-state index >= 15 is 0 Å². The number of carbonyl (C=O) groups is 1. The molecule has 7 heteroatoms. The summed E-state index contributed by atoms with van der Waals surface area (Å²) < 4.78 is 29.7. The zero-order chi connectivity index (χ0) is 17.6. The molecule has 2 aromatic rings. The zero-order valence-corrected chi connectivity index (χ0v) is 14.7. The highest BCUT2D eigenvalue weighted by Crippen LogP contribution is 2.15. The molecule has 0 atom stereocenters. The molecule has 1 N–H and O–H groups in total. The fourth-order valence-electron chi connectivity index (χ4n) is 2.01. The maximum absolute atomic E-state index is 12.1. The summed E-state index contributed by atoms with van der Waals surface area (Å²) in [5.41, 5.74) is 1.07. The molecule has 0 radical (unpaired) electrons. The molecule has 0 heterocycles. The van der Waals surface area contributed by atoms with Crippen molar-refractivity contribution in [2.24, 2.45) is 0 Å². The topological polar surface area (TPSA) is 72.5 Å². The first-order valence-corrected chi connectivity index (χ1v) is 9.34. The molecule has 24 heavy (non-hydrogen) atoms. The summed E-state index contributed by atoms with van der Waals surface area (Å²) >= 11 is 5.72. The molecule has 2 aromatic carbocycles. The van der Waals surface area contributed by atoms with Crippen molar-refractivity contribution >= 4 is 27.3 Å². The number of halogens is 1. The third kappa shape index (κ3) is 5.54. The van der Waals surface area contributed by atoms with Gasteiger partial charge in [0, 0.05) is 5.02 Å². The van der Waals surface area contributed by atoms with Gasteiger partial charge in [0.15, 0.2) is 9.84 Å². The Labute approximate surface area is 146 Å². The molecule has 0 bridgehead atoms. The van der Waals surface area contributed by atoms with E-state index in [0.717, 1.165) is 5.56 Å². The maximum Gasteiger partial charge on any atom is 0.235 e. The SMILES string of the molecule is Cc1cccc(OCCNC(=O)CS(=O)(=O)c2ccc(Cl)cc2)c1. The smallest absolute Gasteiger partial charge is 0.235 e. The number of hydrogen-bond donors (Lipinski definition) is 1. The van der Waals surface area contributed by atoms with Crippen LogP contribution in [0.4, 0.5) is 0 Å². The lowest BCUT2D eigenvalue weighted by molar-refractivity contribution is -0.118. The number of nitrogens with one attached hydrogen (secondary N) is 1. The first-order valence-electron chi connectivity index (χ1n) is 7.31. The zero-order valence-electron chi connectivity index (χ0n) is 13.2. The molecule has 0 aliphatic rings. The van der Waals surface area contributed by atoms with Crippen molar-refractivity contribution in [3.63, 3.8) is 0 Å². The molecule has 128 valence electrons. The van der Waals surface area contributed by atoms with Crippen LogP contribution in [0.25, 0.3) is 0 Å². The monoisotopic (exact) mass is 367 g/mol. The van der Waals surface area contributed by atoms with E-state index in [2.05, 4.69) is 5.32 Å². The van der Waals surface area contributed by atoms with Gasteiger partial charge in [-0.15, -0.1) is 0 Å². The Balaban J connectivity index is 1.79. The number of rotatable bonds is 7. The molecule has 5 nitrogen and oxygen atoms in total. The number of aryl methyl sites for hydroxylation is 1. The number of hydrogen-bond acceptors (Lipinski definition) is 4. The third-order valence-electron chi connectivity index (χ3n) is 3.18. The van der Waals surface area contributed by atoms with Crippen LogP contribution in [0.5, 0.6) is 5.75 Å². The van der Waals surface area contributed by atoms with Gasteiger partial charge < -0.3 is 10.1 Å². The van der Waals surface area contributed by atoms with E-state index in [9.17, 15) is 13.2 Å². The largest absolute Gasteiger partial charge is 0.492 e. The van der Waals surface area contributed by atoms with Gasteiger partial charge in [0.2, 0.25) is 5.91 Å². The molecule has 0 unspecified atom stereocenters. The van der Waals surface area contributed by atoms with Crippen molar-refractivity contribution < 1.29 is 17.9 Å². The Morgan fingerprint density at radius 2 is 1.88 bits per heavy atom. The highest BCUT2D eigenvalue weighted by atomic mass is 35.5. The predicted octanol–water partition coefficient (Wildman–Crippen LogP) is 2.62. The summed E-state index contributed by atoms with van der Waals surface area (Å²) in [6.45, 7) is 2.44. The van der Waals surface area contributed by atoms with Crippen LogP contribution < -0.4 is 10.1 Å².